The van der Waals surface area contributed by atoms with Crippen LogP contribution in [0.1, 0.15) is 32.4 Å². The number of amides is 1. The second-order valence-corrected chi connectivity index (χ2v) is 7.96. The maximum Gasteiger partial charge on any atom is 0.407 e. The SMILES string of the molecule is CC(C)(C)OC(=O)NCC(=CF)C(O)c1ccc2nc(-c3ccccc3)ccc2c1. The Morgan fingerprint density at radius 3 is 2.57 bits per heavy atom. The molecule has 0 aliphatic rings. The van der Waals surface area contributed by atoms with Gasteiger partial charge in [0.15, 0.2) is 0 Å². The molecule has 1 aromatic heterocycles. The normalized spacial score (nSPS) is 13.2. The number of aliphatic hydroxyl groups excluding tert-OH is 1. The molecule has 0 bridgehead atoms. The minimum atomic E-state index is -1.21. The molecule has 0 aliphatic carbocycles. The maximum absolute atomic E-state index is 13.4. The third-order valence-electron chi connectivity index (χ3n) is 4.43. The van der Waals surface area contributed by atoms with Crippen LogP contribution >= 0.6 is 0 Å². The Hall–Kier alpha value is -3.25. The molecule has 2 N–H and O–H groups in total. The molecule has 1 amide bonds. The maximum atomic E-state index is 13.4. The number of nitrogens with zero attached hydrogens (tertiary/aromatic N) is 1. The van der Waals surface area contributed by atoms with Gasteiger partial charge in [0.1, 0.15) is 11.7 Å². The van der Waals surface area contributed by atoms with E-state index in [1.165, 1.54) is 0 Å². The van der Waals surface area contributed by atoms with Gasteiger partial charge in [0, 0.05) is 23.1 Å². The molecule has 6 heteroatoms. The fourth-order valence-electron chi connectivity index (χ4n) is 2.98. The van der Waals surface area contributed by atoms with Crippen molar-refractivity contribution in [3.8, 4) is 11.3 Å². The number of rotatable bonds is 5. The molecule has 0 fully saturated rings. The average molecular weight is 408 g/mol. The number of fused-ring (bicyclic) bond motifs is 1. The number of alkyl carbamates (subject to hydrolysis) is 1. The average Bonchev–Trinajstić information content (AvgIpc) is 2.72. The number of ether oxygens (including phenoxy) is 1. The largest absolute Gasteiger partial charge is 0.444 e. The van der Waals surface area contributed by atoms with Crippen LogP contribution in [-0.4, -0.2) is 28.3 Å². The number of halogens is 1. The van der Waals surface area contributed by atoms with Gasteiger partial charge in [-0.2, -0.15) is 0 Å². The Kier molecular flexibility index (Phi) is 6.47. The highest BCUT2D eigenvalue weighted by atomic mass is 19.1. The molecule has 3 rings (SSSR count). The fraction of sp³-hybridized carbons (Fsp3) is 0.250. The lowest BCUT2D eigenvalue weighted by Gasteiger charge is -2.21. The van der Waals surface area contributed by atoms with Crippen molar-refractivity contribution >= 4 is 17.0 Å². The van der Waals surface area contributed by atoms with Crippen molar-refractivity contribution in [2.24, 2.45) is 0 Å². The Balaban J connectivity index is 1.75. The van der Waals surface area contributed by atoms with E-state index in [-0.39, 0.29) is 12.1 Å². The van der Waals surface area contributed by atoms with Crippen molar-refractivity contribution in [3.63, 3.8) is 0 Å². The standard InChI is InChI=1S/C24H25FN2O3/c1-24(2,3)30-23(29)26-15-19(14-25)22(28)18-10-12-21-17(13-18)9-11-20(27-21)16-7-5-4-6-8-16/h4-14,22,28H,15H2,1-3H3,(H,26,29). The number of carbonyl (C=O) groups is 1. The molecule has 0 spiro atoms. The van der Waals surface area contributed by atoms with Crippen LogP contribution in [0.2, 0.25) is 0 Å². The molecule has 5 nitrogen and oxygen atoms in total. The highest BCUT2D eigenvalue weighted by Gasteiger charge is 2.19. The van der Waals surface area contributed by atoms with E-state index in [9.17, 15) is 14.3 Å². The molecule has 156 valence electrons. The number of hydrogen-bond acceptors (Lipinski definition) is 4. The van der Waals surface area contributed by atoms with Gasteiger partial charge in [-0.15, -0.1) is 0 Å². The Labute approximate surface area is 175 Å². The molecule has 1 atom stereocenters. The van der Waals surface area contributed by atoms with Crippen molar-refractivity contribution in [2.75, 3.05) is 6.54 Å². The van der Waals surface area contributed by atoms with Gasteiger partial charge in [-0.25, -0.2) is 14.2 Å². The van der Waals surface area contributed by atoms with Crippen LogP contribution in [0.5, 0.6) is 0 Å². The Morgan fingerprint density at radius 1 is 1.17 bits per heavy atom. The molecule has 1 heterocycles. The first-order valence-corrected chi connectivity index (χ1v) is 9.67. The van der Waals surface area contributed by atoms with Crippen LogP contribution in [-0.2, 0) is 4.74 Å². The predicted molar refractivity (Wildman–Crippen MR) is 116 cm³/mol. The summed E-state index contributed by atoms with van der Waals surface area (Å²) >= 11 is 0. The number of pyridine rings is 1. The zero-order valence-corrected chi connectivity index (χ0v) is 17.2. The minimum Gasteiger partial charge on any atom is -0.444 e. The second kappa shape index (κ2) is 9.05. The van der Waals surface area contributed by atoms with E-state index in [0.29, 0.717) is 11.9 Å². The lowest BCUT2D eigenvalue weighted by molar-refractivity contribution is 0.0529. The molecular weight excluding hydrogens is 383 g/mol. The summed E-state index contributed by atoms with van der Waals surface area (Å²) in [6, 6.07) is 18.9. The van der Waals surface area contributed by atoms with E-state index in [1.807, 2.05) is 42.5 Å². The highest BCUT2D eigenvalue weighted by Crippen LogP contribution is 2.27. The van der Waals surface area contributed by atoms with Gasteiger partial charge in [-0.1, -0.05) is 42.5 Å². The molecule has 30 heavy (non-hydrogen) atoms. The van der Waals surface area contributed by atoms with E-state index in [4.69, 9.17) is 4.74 Å². The van der Waals surface area contributed by atoms with Gasteiger partial charge in [0.25, 0.3) is 0 Å². The third-order valence-corrected chi connectivity index (χ3v) is 4.43. The van der Waals surface area contributed by atoms with Crippen molar-refractivity contribution in [1.82, 2.24) is 10.3 Å². The highest BCUT2D eigenvalue weighted by molar-refractivity contribution is 5.82. The number of aromatic nitrogens is 1. The summed E-state index contributed by atoms with van der Waals surface area (Å²) in [5.41, 5.74) is 2.50. The minimum absolute atomic E-state index is 0.0223. The van der Waals surface area contributed by atoms with E-state index in [2.05, 4.69) is 10.3 Å². The summed E-state index contributed by atoms with van der Waals surface area (Å²) in [6.45, 7) is 5.04. The van der Waals surface area contributed by atoms with E-state index >= 15 is 0 Å². The number of benzene rings is 2. The first-order valence-electron chi connectivity index (χ1n) is 9.67. The van der Waals surface area contributed by atoms with Gasteiger partial charge in [0.05, 0.1) is 17.5 Å². The molecule has 0 saturated heterocycles. The number of hydrogen-bond donors (Lipinski definition) is 2. The fourth-order valence-corrected chi connectivity index (χ4v) is 2.98. The topological polar surface area (TPSA) is 71.5 Å². The van der Waals surface area contributed by atoms with Gasteiger partial charge < -0.3 is 15.2 Å². The van der Waals surface area contributed by atoms with Crippen LogP contribution < -0.4 is 5.32 Å². The number of carbonyl (C=O) groups excluding carboxylic acids is 1. The number of nitrogens with one attached hydrogen (secondary N) is 1. The molecule has 0 radical (unpaired) electrons. The zero-order valence-electron chi connectivity index (χ0n) is 17.2. The van der Waals surface area contributed by atoms with E-state index < -0.39 is 17.8 Å². The Morgan fingerprint density at radius 2 is 1.90 bits per heavy atom. The summed E-state index contributed by atoms with van der Waals surface area (Å²) in [6.07, 6.45) is -1.57. The summed E-state index contributed by atoms with van der Waals surface area (Å²) < 4.78 is 18.5. The first kappa shape index (κ1) is 21.5. The second-order valence-electron chi connectivity index (χ2n) is 7.96. The van der Waals surface area contributed by atoms with Gasteiger partial charge >= 0.3 is 6.09 Å². The third kappa shape index (κ3) is 5.42. The van der Waals surface area contributed by atoms with Crippen molar-refractivity contribution in [3.05, 3.63) is 78.1 Å². The van der Waals surface area contributed by atoms with Gasteiger partial charge in [0.2, 0.25) is 0 Å². The van der Waals surface area contributed by atoms with E-state index in [1.54, 1.807) is 39.0 Å². The van der Waals surface area contributed by atoms with Crippen LogP contribution in [0.4, 0.5) is 9.18 Å². The molecule has 2 aromatic carbocycles. The van der Waals surface area contributed by atoms with E-state index in [0.717, 1.165) is 22.2 Å². The van der Waals surface area contributed by atoms with Gasteiger partial charge in [-0.3, -0.25) is 0 Å². The van der Waals surface area contributed by atoms with Crippen LogP contribution in [0.3, 0.4) is 0 Å². The molecule has 3 aromatic rings. The predicted octanol–water partition coefficient (Wildman–Crippen LogP) is 5.31. The zero-order chi connectivity index (χ0) is 21.7. The molecule has 1 unspecified atom stereocenters. The molecular formula is C24H25FN2O3. The quantitative estimate of drug-likeness (QED) is 0.600. The van der Waals surface area contributed by atoms with Crippen LogP contribution in [0, 0.1) is 0 Å². The summed E-state index contributed by atoms with van der Waals surface area (Å²) in [5.74, 6) is 0. The first-order chi connectivity index (χ1) is 14.3. The lowest BCUT2D eigenvalue weighted by atomic mass is 10.00. The lowest BCUT2D eigenvalue weighted by Crippen LogP contribution is -2.34. The number of aliphatic hydroxyl groups is 1. The van der Waals surface area contributed by atoms with Crippen molar-refractivity contribution in [1.29, 1.82) is 0 Å². The summed E-state index contributed by atoms with van der Waals surface area (Å²) in [5, 5.41) is 13.9. The smallest absolute Gasteiger partial charge is 0.407 e. The van der Waals surface area contributed by atoms with Crippen LogP contribution in [0.15, 0.2) is 72.6 Å². The summed E-state index contributed by atoms with van der Waals surface area (Å²) in [7, 11) is 0. The Bertz CT molecular complexity index is 1060. The van der Waals surface area contributed by atoms with Gasteiger partial charge in [-0.05, 0) is 44.5 Å². The van der Waals surface area contributed by atoms with Crippen LogP contribution in [0.25, 0.3) is 22.2 Å². The van der Waals surface area contributed by atoms with Crippen molar-refractivity contribution in [2.45, 2.75) is 32.5 Å². The molecule has 0 aliphatic heterocycles. The molecule has 0 saturated carbocycles. The summed E-state index contributed by atoms with van der Waals surface area (Å²) in [4.78, 5) is 16.4. The van der Waals surface area contributed by atoms with Crippen molar-refractivity contribution < 1.29 is 19.0 Å². The monoisotopic (exact) mass is 408 g/mol.